The van der Waals surface area contributed by atoms with Crippen molar-refractivity contribution in [3.63, 3.8) is 0 Å². The molecular formula is C7H16N2O2S. The van der Waals surface area contributed by atoms with E-state index in [2.05, 4.69) is 5.32 Å². The molecule has 0 spiro atoms. The quantitative estimate of drug-likeness (QED) is 0.600. The van der Waals surface area contributed by atoms with Crippen LogP contribution in [0.5, 0.6) is 0 Å². The third-order valence-corrected chi connectivity index (χ3v) is 3.07. The van der Waals surface area contributed by atoms with Crippen molar-refractivity contribution in [2.24, 2.45) is 5.73 Å². The maximum atomic E-state index is 11.2. The first-order chi connectivity index (χ1) is 5.63. The molecule has 0 radical (unpaired) electrons. The molecule has 0 bridgehead atoms. The van der Waals surface area contributed by atoms with Crippen LogP contribution in [0.2, 0.25) is 0 Å². The van der Waals surface area contributed by atoms with Crippen LogP contribution in [0.25, 0.3) is 0 Å². The van der Waals surface area contributed by atoms with Crippen molar-refractivity contribution in [1.29, 1.82) is 0 Å². The molecule has 0 aliphatic carbocycles. The molecule has 0 aromatic rings. The molecule has 0 aliphatic rings. The highest BCUT2D eigenvalue weighted by Gasteiger charge is 2.17. The number of nitrogens with one attached hydrogen (secondary N) is 1. The minimum absolute atomic E-state index is 0.163. The lowest BCUT2D eigenvalue weighted by Crippen LogP contribution is -2.36. The van der Waals surface area contributed by atoms with Gasteiger partial charge >= 0.3 is 0 Å². The fourth-order valence-corrected chi connectivity index (χ4v) is 1.64. The Morgan fingerprint density at radius 3 is 2.67 bits per heavy atom. The van der Waals surface area contributed by atoms with Gasteiger partial charge in [-0.1, -0.05) is 0 Å². The van der Waals surface area contributed by atoms with Crippen LogP contribution in [-0.2, 0) is 15.6 Å². The molecular weight excluding hydrogens is 176 g/mol. The minimum atomic E-state index is -1.13. The molecule has 2 atom stereocenters. The Labute approximate surface area is 75.4 Å². The first-order valence-corrected chi connectivity index (χ1v) is 5.36. The molecule has 0 aliphatic heterocycles. The van der Waals surface area contributed by atoms with Crippen LogP contribution < -0.4 is 11.1 Å². The van der Waals surface area contributed by atoms with Crippen molar-refractivity contribution in [1.82, 2.24) is 5.32 Å². The summed E-state index contributed by atoms with van der Waals surface area (Å²) in [5.74, 6) is 0.225. The third-order valence-electron chi connectivity index (χ3n) is 1.43. The first kappa shape index (κ1) is 11.6. The highest BCUT2D eigenvalue weighted by Crippen LogP contribution is 1.95. The molecule has 12 heavy (non-hydrogen) atoms. The van der Waals surface area contributed by atoms with E-state index in [0.717, 1.165) is 0 Å². The van der Waals surface area contributed by atoms with Gasteiger partial charge in [0.15, 0.2) is 0 Å². The van der Waals surface area contributed by atoms with Crippen LogP contribution in [0.3, 0.4) is 0 Å². The van der Waals surface area contributed by atoms with Gasteiger partial charge in [0.05, 0.1) is 0 Å². The van der Waals surface area contributed by atoms with E-state index < -0.39 is 16.0 Å². The topological polar surface area (TPSA) is 72.2 Å². The van der Waals surface area contributed by atoms with Gasteiger partial charge in [-0.05, 0) is 13.8 Å². The normalized spacial score (nSPS) is 15.2. The predicted molar refractivity (Wildman–Crippen MR) is 50.2 cm³/mol. The number of carbonyl (C=O) groups excluding carboxylic acids is 1. The van der Waals surface area contributed by atoms with E-state index in [1.165, 1.54) is 0 Å². The van der Waals surface area contributed by atoms with Crippen molar-refractivity contribution in [3.05, 3.63) is 0 Å². The zero-order chi connectivity index (χ0) is 9.56. The van der Waals surface area contributed by atoms with E-state index in [0.29, 0.717) is 18.8 Å². The molecule has 0 heterocycles. The Kier molecular flexibility index (Phi) is 5.92. The van der Waals surface area contributed by atoms with Crippen molar-refractivity contribution >= 4 is 16.7 Å². The third kappa shape index (κ3) is 3.82. The van der Waals surface area contributed by atoms with Crippen LogP contribution in [0, 0.1) is 0 Å². The Morgan fingerprint density at radius 1 is 1.67 bits per heavy atom. The smallest absolute Gasteiger partial charge is 0.235 e. The summed E-state index contributed by atoms with van der Waals surface area (Å²) in [6, 6.07) is 0. The van der Waals surface area contributed by atoms with Crippen LogP contribution in [0.15, 0.2) is 0 Å². The average molecular weight is 192 g/mol. The van der Waals surface area contributed by atoms with E-state index in [1.54, 1.807) is 6.92 Å². The van der Waals surface area contributed by atoms with Gasteiger partial charge in [-0.3, -0.25) is 9.00 Å². The summed E-state index contributed by atoms with van der Waals surface area (Å²) in [5.41, 5.74) is 5.22. The highest BCUT2D eigenvalue weighted by molar-refractivity contribution is 7.86. The summed E-state index contributed by atoms with van der Waals surface area (Å²) >= 11 is 0. The lowest BCUT2D eigenvalue weighted by molar-refractivity contribution is -0.120. The Hall–Kier alpha value is -0.420. The van der Waals surface area contributed by atoms with Gasteiger partial charge in [-0.15, -0.1) is 0 Å². The van der Waals surface area contributed by atoms with Crippen LogP contribution in [0.1, 0.15) is 13.8 Å². The summed E-state index contributed by atoms with van der Waals surface area (Å²) < 4.78 is 11.2. The number of rotatable bonds is 5. The first-order valence-electron chi connectivity index (χ1n) is 3.98. The maximum Gasteiger partial charge on any atom is 0.235 e. The fraction of sp³-hybridized carbons (Fsp3) is 0.857. The van der Waals surface area contributed by atoms with E-state index in [-0.39, 0.29) is 5.91 Å². The zero-order valence-corrected chi connectivity index (χ0v) is 8.32. The average Bonchev–Trinajstić information content (AvgIpc) is 2.04. The second kappa shape index (κ2) is 6.14. The minimum Gasteiger partial charge on any atom is -0.355 e. The lowest BCUT2D eigenvalue weighted by atomic mass is 10.4. The van der Waals surface area contributed by atoms with Crippen LogP contribution in [0.4, 0.5) is 0 Å². The molecule has 3 N–H and O–H groups in total. The Bertz CT molecular complexity index is 155. The summed E-state index contributed by atoms with van der Waals surface area (Å²) in [6.45, 7) is 4.41. The Balaban J connectivity index is 3.91. The monoisotopic (exact) mass is 192 g/mol. The van der Waals surface area contributed by atoms with E-state index in [1.807, 2.05) is 6.92 Å². The second-order valence-corrected chi connectivity index (χ2v) is 4.29. The maximum absolute atomic E-state index is 11.2. The largest absolute Gasteiger partial charge is 0.355 e. The summed E-state index contributed by atoms with van der Waals surface area (Å²) in [5, 5.41) is 2.16. The van der Waals surface area contributed by atoms with Crippen LogP contribution >= 0.6 is 0 Å². The molecule has 0 saturated carbocycles. The molecule has 0 aromatic carbocycles. The van der Waals surface area contributed by atoms with Gasteiger partial charge < -0.3 is 11.1 Å². The molecule has 0 aromatic heterocycles. The van der Waals surface area contributed by atoms with Crippen molar-refractivity contribution in [3.8, 4) is 0 Å². The van der Waals surface area contributed by atoms with Gasteiger partial charge in [0.2, 0.25) is 5.91 Å². The van der Waals surface area contributed by atoms with Crippen LogP contribution in [-0.4, -0.2) is 34.2 Å². The lowest BCUT2D eigenvalue weighted by Gasteiger charge is -2.09. The second-order valence-electron chi connectivity index (χ2n) is 2.41. The molecule has 0 fully saturated rings. The van der Waals surface area contributed by atoms with Crippen molar-refractivity contribution in [2.75, 3.05) is 18.8 Å². The number of hydrogen-bond donors (Lipinski definition) is 2. The summed E-state index contributed by atoms with van der Waals surface area (Å²) in [6.07, 6.45) is 0. The number of amides is 1. The number of hydrogen-bond acceptors (Lipinski definition) is 3. The van der Waals surface area contributed by atoms with Crippen molar-refractivity contribution in [2.45, 2.75) is 19.1 Å². The number of carbonyl (C=O) groups is 1. The van der Waals surface area contributed by atoms with E-state index in [4.69, 9.17) is 5.73 Å². The van der Waals surface area contributed by atoms with Gasteiger partial charge in [0, 0.05) is 29.6 Å². The molecule has 4 nitrogen and oxygen atoms in total. The highest BCUT2D eigenvalue weighted by atomic mass is 32.2. The summed E-state index contributed by atoms with van der Waals surface area (Å²) in [4.78, 5) is 11.1. The SMILES string of the molecule is CCNC(=O)C(C)S(=O)CCN. The predicted octanol–water partition coefficient (Wildman–Crippen LogP) is -0.782. The molecule has 2 unspecified atom stereocenters. The molecule has 5 heteroatoms. The molecule has 0 rings (SSSR count). The standard InChI is InChI=1S/C7H16N2O2S/c1-3-9-7(10)6(2)12(11)5-4-8/h6H,3-5,8H2,1-2H3,(H,9,10). The summed E-state index contributed by atoms with van der Waals surface area (Å²) in [7, 11) is -1.13. The van der Waals surface area contributed by atoms with Gasteiger partial charge in [-0.2, -0.15) is 0 Å². The van der Waals surface area contributed by atoms with Gasteiger partial charge in [0.25, 0.3) is 0 Å². The van der Waals surface area contributed by atoms with Gasteiger partial charge in [-0.25, -0.2) is 0 Å². The van der Waals surface area contributed by atoms with Crippen molar-refractivity contribution < 1.29 is 9.00 Å². The zero-order valence-electron chi connectivity index (χ0n) is 7.50. The molecule has 72 valence electrons. The van der Waals surface area contributed by atoms with Gasteiger partial charge in [0.1, 0.15) is 5.25 Å². The molecule has 0 saturated heterocycles. The molecule has 1 amide bonds. The van der Waals surface area contributed by atoms with E-state index in [9.17, 15) is 9.00 Å². The fourth-order valence-electron chi connectivity index (χ4n) is 0.730. The number of nitrogens with two attached hydrogens (primary N) is 1. The Morgan fingerprint density at radius 2 is 2.25 bits per heavy atom. The van der Waals surface area contributed by atoms with E-state index >= 15 is 0 Å².